The van der Waals surface area contributed by atoms with E-state index in [0.29, 0.717) is 23.1 Å². The van der Waals surface area contributed by atoms with Crippen LogP contribution in [0.3, 0.4) is 0 Å². The van der Waals surface area contributed by atoms with Crippen molar-refractivity contribution in [3.63, 3.8) is 0 Å². The molecule has 0 saturated carbocycles. The molecule has 0 atom stereocenters. The Hall–Kier alpha value is -0.940. The van der Waals surface area contributed by atoms with Gasteiger partial charge in [-0.25, -0.2) is 0 Å². The van der Waals surface area contributed by atoms with Crippen LogP contribution in [0.2, 0.25) is 5.02 Å². The van der Waals surface area contributed by atoms with E-state index in [4.69, 9.17) is 21.1 Å². The summed E-state index contributed by atoms with van der Waals surface area (Å²) in [5, 5.41) is 6.24. The Bertz CT molecular complexity index is 710. The summed E-state index contributed by atoms with van der Waals surface area (Å²) < 4.78 is 11.4. The summed E-state index contributed by atoms with van der Waals surface area (Å²) in [6.45, 7) is 12.5. The lowest BCUT2D eigenvalue weighted by Gasteiger charge is -2.33. The second-order valence-corrected chi connectivity index (χ2v) is 9.89. The first-order valence-electron chi connectivity index (χ1n) is 8.86. The number of ether oxygens (including phenoxy) is 2. The van der Waals surface area contributed by atoms with E-state index >= 15 is 0 Å². The lowest BCUT2D eigenvalue weighted by Crippen LogP contribution is -2.41. The van der Waals surface area contributed by atoms with Gasteiger partial charge >= 0.3 is 0 Å². The van der Waals surface area contributed by atoms with Crippen LogP contribution in [-0.4, -0.2) is 12.6 Å². The van der Waals surface area contributed by atoms with Crippen LogP contribution in [0.4, 0.5) is 0 Å². The molecule has 3 nitrogen and oxygen atoms in total. The number of thiophene rings is 1. The molecule has 0 saturated heterocycles. The van der Waals surface area contributed by atoms with Crippen molar-refractivity contribution in [2.45, 2.75) is 59.7 Å². The Morgan fingerprint density at radius 1 is 1.15 bits per heavy atom. The van der Waals surface area contributed by atoms with Gasteiger partial charge in [0.25, 0.3) is 0 Å². The van der Waals surface area contributed by atoms with Crippen molar-refractivity contribution in [3.05, 3.63) is 45.1 Å². The van der Waals surface area contributed by atoms with Crippen molar-refractivity contribution in [1.82, 2.24) is 5.32 Å². The van der Waals surface area contributed by atoms with E-state index in [1.165, 1.54) is 0 Å². The Kier molecular flexibility index (Phi) is 8.94. The number of hydrogen-bond acceptors (Lipinski definition) is 4. The first-order chi connectivity index (χ1) is 12.1. The Labute approximate surface area is 178 Å². The summed E-state index contributed by atoms with van der Waals surface area (Å²) in [6, 6.07) is 8.00. The lowest BCUT2D eigenvalue weighted by molar-refractivity contribution is 0.240. The van der Waals surface area contributed by atoms with Crippen molar-refractivity contribution >= 4 is 35.3 Å². The van der Waals surface area contributed by atoms with Crippen LogP contribution in [0, 0.1) is 5.41 Å². The number of rotatable bonds is 8. The molecule has 0 bridgehead atoms. The van der Waals surface area contributed by atoms with Crippen LogP contribution in [-0.2, 0) is 13.2 Å². The topological polar surface area (TPSA) is 30.5 Å². The van der Waals surface area contributed by atoms with E-state index in [0.717, 1.165) is 23.4 Å². The van der Waals surface area contributed by atoms with Gasteiger partial charge in [-0.05, 0) is 54.8 Å². The van der Waals surface area contributed by atoms with Gasteiger partial charge < -0.3 is 14.8 Å². The zero-order chi connectivity index (χ0) is 19.4. The van der Waals surface area contributed by atoms with Gasteiger partial charge in [0, 0.05) is 17.0 Å². The number of halogens is 2. The van der Waals surface area contributed by atoms with Crippen molar-refractivity contribution in [2.24, 2.45) is 5.41 Å². The monoisotopic (exact) mass is 431 g/mol. The zero-order valence-corrected chi connectivity index (χ0v) is 19.4. The molecule has 0 amide bonds. The Balaban J connectivity index is 0.00000364. The number of hydrogen-bond donors (Lipinski definition) is 1. The SMILES string of the molecule is COc1cc(CNC(C)(C)CC(C)(C)C)cc(Cl)c1OCc1cccs1.Cl. The third-order valence-electron chi connectivity index (χ3n) is 3.97. The molecule has 1 N–H and O–H groups in total. The van der Waals surface area contributed by atoms with E-state index in [1.54, 1.807) is 18.4 Å². The minimum absolute atomic E-state index is 0. The van der Waals surface area contributed by atoms with Gasteiger partial charge in [0.15, 0.2) is 11.5 Å². The van der Waals surface area contributed by atoms with Crippen molar-refractivity contribution in [1.29, 1.82) is 0 Å². The summed E-state index contributed by atoms with van der Waals surface area (Å²) >= 11 is 8.14. The van der Waals surface area contributed by atoms with Gasteiger partial charge in [0.2, 0.25) is 0 Å². The molecule has 0 aliphatic rings. The average molecular weight is 432 g/mol. The van der Waals surface area contributed by atoms with Crippen LogP contribution in [0.25, 0.3) is 0 Å². The van der Waals surface area contributed by atoms with Gasteiger partial charge in [-0.1, -0.05) is 38.4 Å². The molecule has 1 aromatic carbocycles. The molecule has 0 aliphatic carbocycles. The number of benzene rings is 1. The molecular weight excluding hydrogens is 401 g/mol. The van der Waals surface area contributed by atoms with Gasteiger partial charge in [0.05, 0.1) is 12.1 Å². The summed E-state index contributed by atoms with van der Waals surface area (Å²) in [5.41, 5.74) is 1.38. The largest absolute Gasteiger partial charge is 0.493 e. The molecule has 2 aromatic rings. The second-order valence-electron chi connectivity index (χ2n) is 8.45. The third kappa shape index (κ3) is 7.90. The Morgan fingerprint density at radius 2 is 1.85 bits per heavy atom. The highest BCUT2D eigenvalue weighted by Gasteiger charge is 2.25. The van der Waals surface area contributed by atoms with Crippen molar-refractivity contribution in [3.8, 4) is 11.5 Å². The summed E-state index contributed by atoms with van der Waals surface area (Å²) in [5.74, 6) is 1.26. The normalized spacial score (nSPS) is 11.8. The molecular formula is C21H31Cl2NO2S. The standard InChI is InChI=1S/C21H30ClNO2S.ClH/c1-20(2,3)14-21(4,5)23-12-15-10-17(22)19(18(11-15)24-6)25-13-16-8-7-9-26-16;/h7-11,23H,12-14H2,1-6H3;1H. The van der Waals surface area contributed by atoms with E-state index in [9.17, 15) is 0 Å². The summed E-state index contributed by atoms with van der Waals surface area (Å²) in [4.78, 5) is 1.15. The molecule has 0 spiro atoms. The fourth-order valence-corrected chi connectivity index (χ4v) is 4.19. The Morgan fingerprint density at radius 3 is 2.41 bits per heavy atom. The second kappa shape index (κ2) is 10.0. The summed E-state index contributed by atoms with van der Waals surface area (Å²) in [6.07, 6.45) is 1.08. The van der Waals surface area contributed by atoms with Crippen LogP contribution >= 0.6 is 35.3 Å². The maximum atomic E-state index is 6.48. The molecule has 6 heteroatoms. The predicted octanol–water partition coefficient (Wildman–Crippen LogP) is 6.72. The molecule has 0 unspecified atom stereocenters. The molecule has 0 aliphatic heterocycles. The summed E-state index contributed by atoms with van der Waals surface area (Å²) in [7, 11) is 1.64. The smallest absolute Gasteiger partial charge is 0.180 e. The molecule has 152 valence electrons. The third-order valence-corrected chi connectivity index (χ3v) is 5.10. The van der Waals surface area contributed by atoms with Crippen molar-refractivity contribution in [2.75, 3.05) is 7.11 Å². The first kappa shape index (κ1) is 24.1. The van der Waals surface area contributed by atoms with E-state index in [-0.39, 0.29) is 23.4 Å². The minimum Gasteiger partial charge on any atom is -0.493 e. The van der Waals surface area contributed by atoms with E-state index in [1.807, 2.05) is 29.6 Å². The van der Waals surface area contributed by atoms with Gasteiger partial charge in [-0.3, -0.25) is 0 Å². The molecule has 27 heavy (non-hydrogen) atoms. The van der Waals surface area contributed by atoms with E-state index < -0.39 is 0 Å². The fraction of sp³-hybridized carbons (Fsp3) is 0.524. The first-order valence-corrected chi connectivity index (χ1v) is 10.1. The van der Waals surface area contributed by atoms with E-state index in [2.05, 4.69) is 39.9 Å². The van der Waals surface area contributed by atoms with Crippen LogP contribution in [0.1, 0.15) is 51.5 Å². The van der Waals surface area contributed by atoms with Crippen LogP contribution in [0.5, 0.6) is 11.5 Å². The van der Waals surface area contributed by atoms with Crippen LogP contribution in [0.15, 0.2) is 29.6 Å². The zero-order valence-electron chi connectivity index (χ0n) is 17.0. The highest BCUT2D eigenvalue weighted by Crippen LogP contribution is 2.37. The van der Waals surface area contributed by atoms with Gasteiger partial charge in [-0.2, -0.15) is 0 Å². The number of methoxy groups -OCH3 is 1. The highest BCUT2D eigenvalue weighted by molar-refractivity contribution is 7.09. The predicted molar refractivity (Wildman–Crippen MR) is 119 cm³/mol. The minimum atomic E-state index is 0. The highest BCUT2D eigenvalue weighted by atomic mass is 35.5. The van der Waals surface area contributed by atoms with Crippen LogP contribution < -0.4 is 14.8 Å². The van der Waals surface area contributed by atoms with Crippen molar-refractivity contribution < 1.29 is 9.47 Å². The molecule has 2 rings (SSSR count). The van der Waals surface area contributed by atoms with Gasteiger partial charge in [0.1, 0.15) is 6.61 Å². The number of nitrogens with one attached hydrogen (secondary N) is 1. The molecule has 1 heterocycles. The quantitative estimate of drug-likeness (QED) is 0.503. The molecule has 1 aromatic heterocycles. The fourth-order valence-electron chi connectivity index (χ4n) is 3.28. The average Bonchev–Trinajstić information content (AvgIpc) is 3.02. The van der Waals surface area contributed by atoms with Gasteiger partial charge in [-0.15, -0.1) is 23.7 Å². The lowest BCUT2D eigenvalue weighted by atomic mass is 9.82. The molecule has 0 fully saturated rings. The molecule has 0 radical (unpaired) electrons. The maximum Gasteiger partial charge on any atom is 0.180 e. The maximum absolute atomic E-state index is 6.48.